The minimum atomic E-state index is -0.170. The summed E-state index contributed by atoms with van der Waals surface area (Å²) in [6, 6.07) is 5.72. The maximum absolute atomic E-state index is 12.5. The van der Waals surface area contributed by atoms with E-state index < -0.39 is 0 Å². The fraction of sp³-hybridized carbons (Fsp3) is 0.409. The van der Waals surface area contributed by atoms with Crippen LogP contribution in [0.25, 0.3) is 11.1 Å². The summed E-state index contributed by atoms with van der Waals surface area (Å²) in [5.74, 6) is 0.777. The Morgan fingerprint density at radius 2 is 2.20 bits per heavy atom. The largest absolute Gasteiger partial charge is 0.376 e. The van der Waals surface area contributed by atoms with E-state index in [0.29, 0.717) is 12.2 Å². The van der Waals surface area contributed by atoms with Crippen LogP contribution >= 0.6 is 0 Å². The lowest BCUT2D eigenvalue weighted by atomic mass is 10.0. The molecule has 2 aromatic rings. The van der Waals surface area contributed by atoms with E-state index >= 15 is 0 Å². The van der Waals surface area contributed by atoms with Crippen molar-refractivity contribution in [2.24, 2.45) is 0 Å². The van der Waals surface area contributed by atoms with Crippen LogP contribution < -0.4 is 16.2 Å². The molecule has 1 unspecified atom stereocenters. The number of amides is 1. The van der Waals surface area contributed by atoms with Crippen molar-refractivity contribution in [3.63, 3.8) is 0 Å². The van der Waals surface area contributed by atoms with Crippen LogP contribution in [-0.4, -0.2) is 72.5 Å². The lowest BCUT2D eigenvalue weighted by molar-refractivity contribution is -0.127. The van der Waals surface area contributed by atoms with Gasteiger partial charge in [-0.25, -0.2) is 4.98 Å². The highest BCUT2D eigenvalue weighted by Gasteiger charge is 2.23. The van der Waals surface area contributed by atoms with Crippen molar-refractivity contribution in [2.75, 3.05) is 51.4 Å². The van der Waals surface area contributed by atoms with Gasteiger partial charge in [0.2, 0.25) is 5.91 Å². The van der Waals surface area contributed by atoms with Crippen LogP contribution in [0.3, 0.4) is 0 Å². The highest BCUT2D eigenvalue weighted by molar-refractivity contribution is 5.87. The van der Waals surface area contributed by atoms with E-state index in [1.165, 1.54) is 0 Å². The van der Waals surface area contributed by atoms with Gasteiger partial charge in [-0.15, -0.1) is 0 Å². The number of aromatic amines is 1. The Hall–Kier alpha value is -3.13. The summed E-state index contributed by atoms with van der Waals surface area (Å²) in [4.78, 5) is 35.7. The number of rotatable bonds is 7. The van der Waals surface area contributed by atoms with Crippen molar-refractivity contribution in [3.8, 4) is 11.1 Å². The quantitative estimate of drug-likeness (QED) is 0.605. The van der Waals surface area contributed by atoms with Gasteiger partial charge in [0.15, 0.2) is 0 Å². The van der Waals surface area contributed by atoms with Gasteiger partial charge >= 0.3 is 0 Å². The van der Waals surface area contributed by atoms with Gasteiger partial charge < -0.3 is 25.4 Å². The van der Waals surface area contributed by atoms with Crippen LogP contribution in [0, 0.1) is 0 Å². The predicted octanol–water partition coefficient (Wildman–Crippen LogP) is 2.00. The number of nitrogens with one attached hydrogen (secondary N) is 3. The van der Waals surface area contributed by atoms with E-state index in [-0.39, 0.29) is 17.5 Å². The first kappa shape index (κ1) is 21.6. The molecule has 0 aliphatic carbocycles. The molecule has 160 valence electrons. The molecule has 3 rings (SSSR count). The second-order valence-corrected chi connectivity index (χ2v) is 7.74. The molecule has 1 atom stereocenters. The summed E-state index contributed by atoms with van der Waals surface area (Å²) in [5, 5.41) is 6.37. The molecule has 1 fully saturated rings. The SMILES string of the molecule is CNc1cc(-c2c[nH]c(=O)c(NC3CCCN(C(=O)/C=C/CN(C)C)C3)c2)ccn1. The molecule has 1 aliphatic rings. The van der Waals surface area contributed by atoms with Crippen LogP contribution in [0.15, 0.2) is 47.5 Å². The first-order chi connectivity index (χ1) is 14.5. The molecule has 0 bridgehead atoms. The first-order valence-corrected chi connectivity index (χ1v) is 10.2. The Balaban J connectivity index is 1.70. The number of aromatic nitrogens is 2. The van der Waals surface area contributed by atoms with Crippen molar-refractivity contribution in [3.05, 3.63) is 53.1 Å². The Morgan fingerprint density at radius 1 is 1.37 bits per heavy atom. The number of piperidine rings is 1. The molecule has 0 radical (unpaired) electrons. The molecule has 0 aromatic carbocycles. The summed E-state index contributed by atoms with van der Waals surface area (Å²) in [7, 11) is 5.75. The van der Waals surface area contributed by atoms with Gasteiger partial charge in [0.1, 0.15) is 11.5 Å². The highest BCUT2D eigenvalue weighted by Crippen LogP contribution is 2.22. The smallest absolute Gasteiger partial charge is 0.271 e. The molecule has 1 amide bonds. The average Bonchev–Trinajstić information content (AvgIpc) is 2.75. The minimum Gasteiger partial charge on any atom is -0.376 e. The molecule has 0 saturated carbocycles. The fourth-order valence-corrected chi connectivity index (χ4v) is 3.49. The van der Waals surface area contributed by atoms with Gasteiger partial charge in [0, 0.05) is 56.8 Å². The van der Waals surface area contributed by atoms with Crippen molar-refractivity contribution < 1.29 is 4.79 Å². The highest BCUT2D eigenvalue weighted by atomic mass is 16.2. The number of hydrogen-bond donors (Lipinski definition) is 3. The van der Waals surface area contributed by atoms with Gasteiger partial charge in [-0.3, -0.25) is 9.59 Å². The zero-order valence-corrected chi connectivity index (χ0v) is 17.8. The molecule has 8 heteroatoms. The molecule has 1 aliphatic heterocycles. The summed E-state index contributed by atoms with van der Waals surface area (Å²) in [5.41, 5.74) is 2.19. The van der Waals surface area contributed by atoms with Crippen molar-refractivity contribution in [2.45, 2.75) is 18.9 Å². The summed E-state index contributed by atoms with van der Waals surface area (Å²) in [6.07, 6.45) is 8.76. The molecule has 3 heterocycles. The van der Waals surface area contributed by atoms with E-state index in [1.54, 1.807) is 18.5 Å². The molecular formula is C22H30N6O2. The normalized spacial score (nSPS) is 16.8. The maximum Gasteiger partial charge on any atom is 0.271 e. The molecule has 1 saturated heterocycles. The number of hydrogen-bond acceptors (Lipinski definition) is 6. The summed E-state index contributed by atoms with van der Waals surface area (Å²) < 4.78 is 0. The predicted molar refractivity (Wildman–Crippen MR) is 121 cm³/mol. The summed E-state index contributed by atoms with van der Waals surface area (Å²) in [6.45, 7) is 2.05. The van der Waals surface area contributed by atoms with E-state index in [0.717, 1.165) is 42.9 Å². The molecule has 0 spiro atoms. The lowest BCUT2D eigenvalue weighted by Crippen LogP contribution is -2.45. The fourth-order valence-electron chi connectivity index (χ4n) is 3.49. The lowest BCUT2D eigenvalue weighted by Gasteiger charge is -2.33. The summed E-state index contributed by atoms with van der Waals surface area (Å²) >= 11 is 0. The van der Waals surface area contributed by atoms with Gasteiger partial charge in [0.05, 0.1) is 0 Å². The number of carbonyl (C=O) groups is 1. The zero-order chi connectivity index (χ0) is 21.5. The van der Waals surface area contributed by atoms with Gasteiger partial charge in [-0.05, 0) is 50.7 Å². The molecule has 8 nitrogen and oxygen atoms in total. The minimum absolute atomic E-state index is 0.0161. The Kier molecular flexibility index (Phi) is 7.24. The Bertz CT molecular complexity index is 953. The van der Waals surface area contributed by atoms with Crippen LogP contribution in [0.5, 0.6) is 0 Å². The maximum atomic E-state index is 12.5. The topological polar surface area (TPSA) is 93.4 Å². The standard InChI is InChI=1S/C22H30N6O2/c1-23-20-13-16(8-9-24-20)17-12-19(22(30)25-14-17)26-18-6-4-11-28(15-18)21(29)7-5-10-27(2)3/h5,7-9,12-14,18,26H,4,6,10-11,15H2,1-3H3,(H,23,24)(H,25,30)/b7-5+. The number of carbonyl (C=O) groups excluding carboxylic acids is 1. The van der Waals surface area contributed by atoms with Crippen molar-refractivity contribution >= 4 is 17.4 Å². The molecule has 3 N–H and O–H groups in total. The van der Waals surface area contributed by atoms with Gasteiger partial charge in [-0.1, -0.05) is 6.08 Å². The number of likely N-dealkylation sites (N-methyl/N-ethyl adjacent to an activating group) is 1. The third kappa shape index (κ3) is 5.70. The van der Waals surface area contributed by atoms with Gasteiger partial charge in [-0.2, -0.15) is 0 Å². The monoisotopic (exact) mass is 410 g/mol. The van der Waals surface area contributed by atoms with Crippen LogP contribution in [0.4, 0.5) is 11.5 Å². The first-order valence-electron chi connectivity index (χ1n) is 10.2. The number of H-pyrrole nitrogens is 1. The molecule has 30 heavy (non-hydrogen) atoms. The van der Waals surface area contributed by atoms with E-state index in [9.17, 15) is 9.59 Å². The number of pyridine rings is 2. The number of likely N-dealkylation sites (tertiary alicyclic amines) is 1. The third-order valence-electron chi connectivity index (χ3n) is 5.08. The number of anilines is 2. The van der Waals surface area contributed by atoms with Crippen LogP contribution in [0.2, 0.25) is 0 Å². The Morgan fingerprint density at radius 3 is 2.97 bits per heavy atom. The average molecular weight is 411 g/mol. The molecular weight excluding hydrogens is 380 g/mol. The number of nitrogens with zero attached hydrogens (tertiary/aromatic N) is 3. The van der Waals surface area contributed by atoms with Crippen LogP contribution in [-0.2, 0) is 4.79 Å². The third-order valence-corrected chi connectivity index (χ3v) is 5.08. The van der Waals surface area contributed by atoms with Crippen molar-refractivity contribution in [1.82, 2.24) is 19.8 Å². The van der Waals surface area contributed by atoms with E-state index in [1.807, 2.05) is 55.2 Å². The van der Waals surface area contributed by atoms with E-state index in [2.05, 4.69) is 20.6 Å². The molecule has 2 aromatic heterocycles. The Labute approximate surface area is 177 Å². The zero-order valence-electron chi connectivity index (χ0n) is 17.8. The second-order valence-electron chi connectivity index (χ2n) is 7.74. The van der Waals surface area contributed by atoms with E-state index in [4.69, 9.17) is 0 Å². The second kappa shape index (κ2) is 10.1. The van der Waals surface area contributed by atoms with Gasteiger partial charge in [0.25, 0.3) is 5.56 Å². The van der Waals surface area contributed by atoms with Crippen LogP contribution in [0.1, 0.15) is 12.8 Å². The van der Waals surface area contributed by atoms with Crippen molar-refractivity contribution in [1.29, 1.82) is 0 Å².